The van der Waals surface area contributed by atoms with E-state index in [4.69, 9.17) is 5.73 Å². The summed E-state index contributed by atoms with van der Waals surface area (Å²) < 4.78 is 0. The lowest BCUT2D eigenvalue weighted by Crippen LogP contribution is -2.12. The van der Waals surface area contributed by atoms with Crippen LogP contribution in [0.5, 0.6) is 0 Å². The first-order valence-corrected chi connectivity index (χ1v) is 6.32. The monoisotopic (exact) mass is 232 g/mol. The number of rotatable bonds is 5. The summed E-state index contributed by atoms with van der Waals surface area (Å²) in [5, 5.41) is 7.69. The van der Waals surface area contributed by atoms with Crippen LogP contribution in [0.15, 0.2) is 41.1 Å². The molecule has 1 aromatic carbocycles. The molecule has 0 atom stereocenters. The molecule has 0 aliphatic rings. The number of benzene rings is 1. The second-order valence-corrected chi connectivity index (χ2v) is 4.54. The van der Waals surface area contributed by atoms with Crippen LogP contribution >= 0.6 is 11.3 Å². The van der Waals surface area contributed by atoms with Gasteiger partial charge in [0.2, 0.25) is 0 Å². The molecule has 3 N–H and O–H groups in total. The molecule has 1 heterocycles. The second-order valence-electron chi connectivity index (χ2n) is 3.76. The summed E-state index contributed by atoms with van der Waals surface area (Å²) in [6.07, 6.45) is 0. The molecule has 0 fully saturated rings. The lowest BCUT2D eigenvalue weighted by atomic mass is 10.1. The standard InChI is InChI=1S/C13H16N2S/c14-7-11-1-3-12(4-2-11)8-15-9-13-5-6-16-10-13/h1-6,10,15H,7-9,14H2. The fourth-order valence-corrected chi connectivity index (χ4v) is 2.21. The van der Waals surface area contributed by atoms with Crippen LogP contribution in [0, 0.1) is 0 Å². The van der Waals surface area contributed by atoms with Crippen molar-refractivity contribution in [2.75, 3.05) is 0 Å². The summed E-state index contributed by atoms with van der Waals surface area (Å²) in [5.41, 5.74) is 9.38. The molecule has 3 heteroatoms. The third kappa shape index (κ3) is 3.17. The Bertz CT molecular complexity index is 406. The molecule has 0 saturated heterocycles. The van der Waals surface area contributed by atoms with Crippen molar-refractivity contribution >= 4 is 11.3 Å². The SMILES string of the molecule is NCc1ccc(CNCc2ccsc2)cc1. The van der Waals surface area contributed by atoms with E-state index in [1.807, 2.05) is 0 Å². The fraction of sp³-hybridized carbons (Fsp3) is 0.231. The quantitative estimate of drug-likeness (QED) is 0.831. The molecular weight excluding hydrogens is 216 g/mol. The summed E-state index contributed by atoms with van der Waals surface area (Å²) in [4.78, 5) is 0. The lowest BCUT2D eigenvalue weighted by molar-refractivity contribution is 0.695. The van der Waals surface area contributed by atoms with Crippen molar-refractivity contribution < 1.29 is 0 Å². The molecule has 1 aromatic heterocycles. The maximum atomic E-state index is 5.55. The maximum Gasteiger partial charge on any atom is 0.0216 e. The van der Waals surface area contributed by atoms with Crippen LogP contribution in [-0.2, 0) is 19.6 Å². The first-order valence-electron chi connectivity index (χ1n) is 5.38. The van der Waals surface area contributed by atoms with Gasteiger partial charge < -0.3 is 11.1 Å². The van der Waals surface area contributed by atoms with Gasteiger partial charge in [0, 0.05) is 19.6 Å². The van der Waals surface area contributed by atoms with E-state index >= 15 is 0 Å². The van der Waals surface area contributed by atoms with Gasteiger partial charge in [-0.15, -0.1) is 0 Å². The van der Waals surface area contributed by atoms with Crippen molar-refractivity contribution in [3.05, 3.63) is 57.8 Å². The molecule has 0 radical (unpaired) electrons. The van der Waals surface area contributed by atoms with Gasteiger partial charge in [0.15, 0.2) is 0 Å². The Hall–Kier alpha value is -1.16. The van der Waals surface area contributed by atoms with Gasteiger partial charge in [-0.3, -0.25) is 0 Å². The van der Waals surface area contributed by atoms with Crippen LogP contribution in [0.25, 0.3) is 0 Å². The van der Waals surface area contributed by atoms with Crippen molar-refractivity contribution in [1.82, 2.24) is 5.32 Å². The normalized spacial score (nSPS) is 10.6. The molecule has 0 aliphatic carbocycles. The Morgan fingerprint density at radius 2 is 1.62 bits per heavy atom. The van der Waals surface area contributed by atoms with Gasteiger partial charge in [-0.25, -0.2) is 0 Å². The van der Waals surface area contributed by atoms with E-state index in [0.717, 1.165) is 13.1 Å². The highest BCUT2D eigenvalue weighted by Gasteiger charge is 1.95. The van der Waals surface area contributed by atoms with Gasteiger partial charge in [0.05, 0.1) is 0 Å². The minimum Gasteiger partial charge on any atom is -0.326 e. The third-order valence-electron chi connectivity index (χ3n) is 2.50. The molecule has 0 spiro atoms. The summed E-state index contributed by atoms with van der Waals surface area (Å²) in [6.45, 7) is 2.45. The molecular formula is C13H16N2S. The van der Waals surface area contributed by atoms with E-state index in [0.29, 0.717) is 6.54 Å². The van der Waals surface area contributed by atoms with Crippen molar-refractivity contribution in [2.24, 2.45) is 5.73 Å². The first-order chi connectivity index (χ1) is 7.88. The van der Waals surface area contributed by atoms with Crippen molar-refractivity contribution in [3.63, 3.8) is 0 Å². The van der Waals surface area contributed by atoms with E-state index in [2.05, 4.69) is 46.4 Å². The van der Waals surface area contributed by atoms with Crippen LogP contribution in [-0.4, -0.2) is 0 Å². The van der Waals surface area contributed by atoms with E-state index in [9.17, 15) is 0 Å². The minimum atomic E-state index is 0.614. The molecule has 0 unspecified atom stereocenters. The van der Waals surface area contributed by atoms with Crippen LogP contribution in [0.2, 0.25) is 0 Å². The number of thiophene rings is 1. The smallest absolute Gasteiger partial charge is 0.0216 e. The first kappa shape index (κ1) is 11.3. The van der Waals surface area contributed by atoms with Gasteiger partial charge in [-0.2, -0.15) is 11.3 Å². The zero-order chi connectivity index (χ0) is 11.2. The molecule has 16 heavy (non-hydrogen) atoms. The van der Waals surface area contributed by atoms with Gasteiger partial charge >= 0.3 is 0 Å². The van der Waals surface area contributed by atoms with E-state index in [1.165, 1.54) is 16.7 Å². The van der Waals surface area contributed by atoms with Crippen LogP contribution in [0.3, 0.4) is 0 Å². The highest BCUT2D eigenvalue weighted by Crippen LogP contribution is 2.07. The minimum absolute atomic E-state index is 0.614. The second kappa shape index (κ2) is 5.80. The highest BCUT2D eigenvalue weighted by atomic mass is 32.1. The van der Waals surface area contributed by atoms with Gasteiger partial charge in [-0.05, 0) is 33.5 Å². The van der Waals surface area contributed by atoms with E-state index in [1.54, 1.807) is 11.3 Å². The summed E-state index contributed by atoms with van der Waals surface area (Å²) >= 11 is 1.74. The molecule has 2 aromatic rings. The van der Waals surface area contributed by atoms with Crippen LogP contribution in [0.1, 0.15) is 16.7 Å². The predicted octanol–water partition coefficient (Wildman–Crippen LogP) is 2.50. The van der Waals surface area contributed by atoms with Crippen molar-refractivity contribution in [1.29, 1.82) is 0 Å². The average molecular weight is 232 g/mol. The number of hydrogen-bond acceptors (Lipinski definition) is 3. The molecule has 2 rings (SSSR count). The van der Waals surface area contributed by atoms with E-state index in [-0.39, 0.29) is 0 Å². The predicted molar refractivity (Wildman–Crippen MR) is 69.2 cm³/mol. The van der Waals surface area contributed by atoms with E-state index < -0.39 is 0 Å². The molecule has 84 valence electrons. The topological polar surface area (TPSA) is 38.0 Å². The molecule has 0 amide bonds. The lowest BCUT2D eigenvalue weighted by Gasteiger charge is -2.04. The molecule has 0 saturated carbocycles. The zero-order valence-electron chi connectivity index (χ0n) is 9.15. The molecule has 2 nitrogen and oxygen atoms in total. The number of nitrogens with one attached hydrogen (secondary N) is 1. The Labute approximate surface area is 100 Å². The zero-order valence-corrected chi connectivity index (χ0v) is 9.96. The summed E-state index contributed by atoms with van der Waals surface area (Å²) in [5.74, 6) is 0. The largest absolute Gasteiger partial charge is 0.326 e. The van der Waals surface area contributed by atoms with Crippen molar-refractivity contribution in [2.45, 2.75) is 19.6 Å². The van der Waals surface area contributed by atoms with Crippen LogP contribution < -0.4 is 11.1 Å². The summed E-state index contributed by atoms with van der Waals surface area (Å²) in [6, 6.07) is 10.6. The maximum absolute atomic E-state index is 5.55. The average Bonchev–Trinajstić information content (AvgIpc) is 2.83. The fourth-order valence-electron chi connectivity index (χ4n) is 1.54. The van der Waals surface area contributed by atoms with Gasteiger partial charge in [-0.1, -0.05) is 24.3 Å². The molecule has 0 bridgehead atoms. The Morgan fingerprint density at radius 1 is 0.938 bits per heavy atom. The van der Waals surface area contributed by atoms with Gasteiger partial charge in [0.25, 0.3) is 0 Å². The summed E-state index contributed by atoms with van der Waals surface area (Å²) in [7, 11) is 0. The Kier molecular flexibility index (Phi) is 4.10. The molecule has 0 aliphatic heterocycles. The Morgan fingerprint density at radius 3 is 2.25 bits per heavy atom. The number of nitrogens with two attached hydrogens (primary N) is 1. The number of hydrogen-bond donors (Lipinski definition) is 2. The highest BCUT2D eigenvalue weighted by molar-refractivity contribution is 7.07. The Balaban J connectivity index is 1.81. The van der Waals surface area contributed by atoms with Gasteiger partial charge in [0.1, 0.15) is 0 Å². The van der Waals surface area contributed by atoms with Crippen LogP contribution in [0.4, 0.5) is 0 Å². The third-order valence-corrected chi connectivity index (χ3v) is 3.23. The van der Waals surface area contributed by atoms with Crippen molar-refractivity contribution in [3.8, 4) is 0 Å².